The highest BCUT2D eigenvalue weighted by Crippen LogP contribution is 2.37. The number of rotatable bonds is 6. The van der Waals surface area contributed by atoms with Crippen molar-refractivity contribution in [2.45, 2.75) is 66.2 Å². The van der Waals surface area contributed by atoms with E-state index in [-0.39, 0.29) is 0 Å². The van der Waals surface area contributed by atoms with Crippen molar-refractivity contribution in [3.05, 3.63) is 71.1 Å². The third-order valence-corrected chi connectivity index (χ3v) is 5.61. The molecule has 0 spiro atoms. The van der Waals surface area contributed by atoms with Crippen LogP contribution in [0.2, 0.25) is 0 Å². The molecule has 0 unspecified atom stereocenters. The van der Waals surface area contributed by atoms with Crippen LogP contribution in [0.3, 0.4) is 0 Å². The van der Waals surface area contributed by atoms with E-state index in [4.69, 9.17) is 0 Å². The van der Waals surface area contributed by atoms with Gasteiger partial charge in [-0.05, 0) is 46.9 Å². The summed E-state index contributed by atoms with van der Waals surface area (Å²) >= 11 is 0. The maximum atomic E-state index is 2.44. The van der Waals surface area contributed by atoms with Crippen molar-refractivity contribution in [2.75, 3.05) is 16.5 Å². The molecule has 0 bridgehead atoms. The number of anilines is 2. The molecule has 0 N–H and O–H groups in total. The molecule has 0 radical (unpaired) electrons. The second-order valence-corrected chi connectivity index (χ2v) is 8.11. The summed E-state index contributed by atoms with van der Waals surface area (Å²) in [4.78, 5) is 4.87. The Morgan fingerprint density at radius 1 is 0.704 bits per heavy atom. The van der Waals surface area contributed by atoms with E-state index in [0.717, 1.165) is 19.5 Å². The van der Waals surface area contributed by atoms with Crippen LogP contribution in [-0.2, 0) is 12.8 Å². The van der Waals surface area contributed by atoms with Crippen LogP contribution < -0.4 is 9.80 Å². The number of hydrogen-bond donors (Lipinski definition) is 0. The van der Waals surface area contributed by atoms with E-state index < -0.39 is 0 Å². The summed E-state index contributed by atoms with van der Waals surface area (Å²) in [7, 11) is 0. The van der Waals surface area contributed by atoms with Crippen LogP contribution in [0.15, 0.2) is 48.8 Å². The molecule has 2 aromatic rings. The highest BCUT2D eigenvalue weighted by molar-refractivity contribution is 5.69. The molecule has 0 fully saturated rings. The first-order valence-electron chi connectivity index (χ1n) is 10.4. The second kappa shape index (κ2) is 8.21. The van der Waals surface area contributed by atoms with Gasteiger partial charge in [-0.25, -0.2) is 0 Å². The van der Waals surface area contributed by atoms with Crippen molar-refractivity contribution >= 4 is 11.4 Å². The van der Waals surface area contributed by atoms with Gasteiger partial charge in [0.1, 0.15) is 0 Å². The molecule has 144 valence electrons. The number of benzene rings is 2. The summed E-state index contributed by atoms with van der Waals surface area (Å²) in [5.74, 6) is 1.03. The molecule has 1 aliphatic heterocycles. The monoisotopic (exact) mass is 362 g/mol. The van der Waals surface area contributed by atoms with E-state index in [1.807, 2.05) is 0 Å². The fourth-order valence-electron chi connectivity index (χ4n) is 4.14. The van der Waals surface area contributed by atoms with Crippen molar-refractivity contribution in [3.8, 4) is 0 Å². The molecule has 0 saturated heterocycles. The fraction of sp³-hybridized carbons (Fsp3) is 0.440. The van der Waals surface area contributed by atoms with Crippen LogP contribution in [0, 0.1) is 0 Å². The van der Waals surface area contributed by atoms with E-state index in [1.54, 1.807) is 0 Å². The lowest BCUT2D eigenvalue weighted by Crippen LogP contribution is -2.28. The van der Waals surface area contributed by atoms with Crippen LogP contribution >= 0.6 is 0 Å². The quantitative estimate of drug-likeness (QED) is 0.556. The molecule has 3 rings (SSSR count). The summed E-state index contributed by atoms with van der Waals surface area (Å²) in [5.41, 5.74) is 8.53. The Balaban J connectivity index is 2.00. The Kier molecular flexibility index (Phi) is 5.94. The predicted molar refractivity (Wildman–Crippen MR) is 119 cm³/mol. The Hall–Kier alpha value is -2.22. The van der Waals surface area contributed by atoms with Gasteiger partial charge in [0.25, 0.3) is 0 Å². The first kappa shape index (κ1) is 19.5. The second-order valence-electron chi connectivity index (χ2n) is 8.11. The van der Waals surface area contributed by atoms with Crippen LogP contribution in [-0.4, -0.2) is 6.67 Å². The Labute approximate surface area is 165 Å². The van der Waals surface area contributed by atoms with Crippen molar-refractivity contribution < 1.29 is 0 Å². The van der Waals surface area contributed by atoms with Gasteiger partial charge in [-0.1, -0.05) is 77.9 Å². The fourth-order valence-corrected chi connectivity index (χ4v) is 4.14. The minimum absolute atomic E-state index is 0.517. The molecule has 27 heavy (non-hydrogen) atoms. The zero-order valence-electron chi connectivity index (χ0n) is 17.8. The van der Waals surface area contributed by atoms with Crippen LogP contribution in [0.4, 0.5) is 11.4 Å². The Bertz CT molecular complexity index is 750. The minimum Gasteiger partial charge on any atom is -0.327 e. The molecular formula is C25H34N2. The summed E-state index contributed by atoms with van der Waals surface area (Å²) in [5, 5.41) is 0. The minimum atomic E-state index is 0.517. The summed E-state index contributed by atoms with van der Waals surface area (Å²) in [6, 6.07) is 13.5. The highest BCUT2D eigenvalue weighted by atomic mass is 15.3. The van der Waals surface area contributed by atoms with Gasteiger partial charge in [0, 0.05) is 23.8 Å². The largest absolute Gasteiger partial charge is 0.327 e. The highest BCUT2D eigenvalue weighted by Gasteiger charge is 2.24. The van der Waals surface area contributed by atoms with Crippen LogP contribution in [0.5, 0.6) is 0 Å². The third kappa shape index (κ3) is 3.76. The zero-order chi connectivity index (χ0) is 19.6. The van der Waals surface area contributed by atoms with Gasteiger partial charge < -0.3 is 9.80 Å². The average molecular weight is 363 g/mol. The summed E-state index contributed by atoms with van der Waals surface area (Å²) < 4.78 is 0. The standard InChI is InChI=1S/C25H34N2/c1-7-20-11-9-13-22(18(3)4)24(20)26-15-16-27(17-26)25-21(8-2)12-10-14-23(25)19(5)6/h9-16,18-19H,7-8,17H2,1-6H3. The normalized spacial score (nSPS) is 14.1. The van der Waals surface area contributed by atoms with E-state index in [9.17, 15) is 0 Å². The van der Waals surface area contributed by atoms with E-state index in [1.165, 1.54) is 33.6 Å². The Morgan fingerprint density at radius 2 is 1.11 bits per heavy atom. The molecule has 2 heteroatoms. The number of para-hydroxylation sites is 2. The first-order valence-corrected chi connectivity index (χ1v) is 10.4. The van der Waals surface area contributed by atoms with Crippen LogP contribution in [0.25, 0.3) is 0 Å². The SMILES string of the molecule is CCc1cccc(C(C)C)c1N1C=CN(c2c(CC)cccc2C(C)C)C1. The van der Waals surface area contributed by atoms with Gasteiger partial charge in [0.15, 0.2) is 0 Å². The lowest BCUT2D eigenvalue weighted by molar-refractivity contribution is 0.833. The van der Waals surface area contributed by atoms with Gasteiger partial charge in [-0.15, -0.1) is 0 Å². The van der Waals surface area contributed by atoms with E-state index in [2.05, 4.69) is 100 Å². The number of hydrogen-bond acceptors (Lipinski definition) is 2. The van der Waals surface area contributed by atoms with Crippen molar-refractivity contribution in [1.29, 1.82) is 0 Å². The molecule has 0 aromatic heterocycles. The smallest absolute Gasteiger partial charge is 0.0989 e. The molecule has 2 aromatic carbocycles. The maximum absolute atomic E-state index is 2.44. The van der Waals surface area contributed by atoms with Gasteiger partial charge in [-0.2, -0.15) is 0 Å². The average Bonchev–Trinajstić information content (AvgIpc) is 3.15. The Morgan fingerprint density at radius 3 is 1.44 bits per heavy atom. The van der Waals surface area contributed by atoms with Gasteiger partial charge in [0.05, 0.1) is 6.67 Å². The molecule has 0 aliphatic carbocycles. The lowest BCUT2D eigenvalue weighted by Gasteiger charge is -2.29. The van der Waals surface area contributed by atoms with Crippen molar-refractivity contribution in [3.63, 3.8) is 0 Å². The zero-order valence-corrected chi connectivity index (χ0v) is 17.8. The first-order chi connectivity index (χ1) is 13.0. The number of nitrogens with zero attached hydrogens (tertiary/aromatic N) is 2. The molecule has 0 atom stereocenters. The number of aryl methyl sites for hydroxylation is 2. The lowest BCUT2D eigenvalue weighted by atomic mass is 9.95. The molecular weight excluding hydrogens is 328 g/mol. The molecule has 2 nitrogen and oxygen atoms in total. The van der Waals surface area contributed by atoms with E-state index in [0.29, 0.717) is 11.8 Å². The molecule has 1 aliphatic rings. The summed E-state index contributed by atoms with van der Waals surface area (Å²) in [6.45, 7) is 14.6. The topological polar surface area (TPSA) is 6.48 Å². The molecule has 0 saturated carbocycles. The van der Waals surface area contributed by atoms with E-state index >= 15 is 0 Å². The third-order valence-electron chi connectivity index (χ3n) is 5.61. The van der Waals surface area contributed by atoms with Crippen LogP contribution in [0.1, 0.15) is 75.6 Å². The molecule has 1 heterocycles. The maximum Gasteiger partial charge on any atom is 0.0989 e. The van der Waals surface area contributed by atoms with Gasteiger partial charge >= 0.3 is 0 Å². The molecule has 0 amide bonds. The van der Waals surface area contributed by atoms with Gasteiger partial charge in [0.2, 0.25) is 0 Å². The van der Waals surface area contributed by atoms with Crippen molar-refractivity contribution in [2.24, 2.45) is 0 Å². The summed E-state index contributed by atoms with van der Waals surface area (Å²) in [6.07, 6.45) is 6.64. The predicted octanol–water partition coefficient (Wildman–Crippen LogP) is 6.81. The van der Waals surface area contributed by atoms with Gasteiger partial charge in [-0.3, -0.25) is 0 Å². The van der Waals surface area contributed by atoms with Crippen molar-refractivity contribution in [1.82, 2.24) is 0 Å².